The molecule has 0 aromatic heterocycles. The number of thioether (sulfide) groups is 1. The van der Waals surface area contributed by atoms with E-state index < -0.39 is 0 Å². The van der Waals surface area contributed by atoms with Crippen LogP contribution in [0, 0.1) is 0 Å². The quantitative estimate of drug-likeness (QED) is 0.856. The number of amides is 2. The van der Waals surface area contributed by atoms with Gasteiger partial charge in [0.2, 0.25) is 5.91 Å². The van der Waals surface area contributed by atoms with Crippen LogP contribution in [0.3, 0.4) is 0 Å². The van der Waals surface area contributed by atoms with Gasteiger partial charge in [0.05, 0.1) is 11.4 Å². The topological polar surface area (TPSA) is 61.4 Å². The fraction of sp³-hybridized carbons (Fsp3) is 0.529. The summed E-state index contributed by atoms with van der Waals surface area (Å²) in [5.41, 5.74) is 1.43. The first kappa shape index (κ1) is 19.1. The Morgan fingerprint density at radius 1 is 1.33 bits per heavy atom. The van der Waals surface area contributed by atoms with E-state index in [1.165, 1.54) is 11.8 Å². The summed E-state index contributed by atoms with van der Waals surface area (Å²) in [6.07, 6.45) is 2.96. The van der Waals surface area contributed by atoms with E-state index in [1.807, 2.05) is 23.1 Å². The normalized spacial score (nSPS) is 17.5. The van der Waals surface area contributed by atoms with Crippen LogP contribution < -0.4 is 10.6 Å². The number of nitrogens with one attached hydrogen (secondary N) is 2. The zero-order valence-electron chi connectivity index (χ0n) is 13.8. The Morgan fingerprint density at radius 3 is 2.79 bits per heavy atom. The van der Waals surface area contributed by atoms with Gasteiger partial charge < -0.3 is 15.5 Å². The van der Waals surface area contributed by atoms with Gasteiger partial charge in [-0.1, -0.05) is 6.92 Å². The van der Waals surface area contributed by atoms with Crippen molar-refractivity contribution in [1.82, 2.24) is 10.2 Å². The van der Waals surface area contributed by atoms with E-state index >= 15 is 0 Å². The molecule has 1 aromatic rings. The van der Waals surface area contributed by atoms with E-state index in [0.717, 1.165) is 49.5 Å². The summed E-state index contributed by atoms with van der Waals surface area (Å²) < 4.78 is 0. The highest BCUT2D eigenvalue weighted by Crippen LogP contribution is 2.32. The molecule has 3 rings (SSSR count). The average molecular weight is 370 g/mol. The van der Waals surface area contributed by atoms with Gasteiger partial charge in [0, 0.05) is 23.0 Å². The first-order valence-electron chi connectivity index (χ1n) is 8.27. The Labute approximate surface area is 153 Å². The first-order valence-corrected chi connectivity index (χ1v) is 9.26. The van der Waals surface area contributed by atoms with Crippen molar-refractivity contribution < 1.29 is 9.59 Å². The van der Waals surface area contributed by atoms with E-state index in [2.05, 4.69) is 17.6 Å². The molecule has 2 aliphatic heterocycles. The lowest BCUT2D eigenvalue weighted by Gasteiger charge is -2.35. The number of carbonyl (C=O) groups is 2. The molecule has 0 saturated carbocycles. The van der Waals surface area contributed by atoms with Gasteiger partial charge in [0.15, 0.2) is 0 Å². The number of hydrogen-bond acceptors (Lipinski definition) is 4. The number of rotatable bonds is 4. The van der Waals surface area contributed by atoms with E-state index in [4.69, 9.17) is 0 Å². The number of anilines is 1. The third-order valence-electron chi connectivity index (χ3n) is 4.33. The van der Waals surface area contributed by atoms with Gasteiger partial charge in [-0.15, -0.1) is 24.2 Å². The SMILES string of the molecule is CCCN(C(=O)c1ccc2c(c1)NC(=O)CS2)C1CCNCC1.Cl. The molecule has 0 aliphatic carbocycles. The zero-order valence-corrected chi connectivity index (χ0v) is 15.5. The van der Waals surface area contributed by atoms with E-state index in [-0.39, 0.29) is 24.2 Å². The number of nitrogens with zero attached hydrogens (tertiary/aromatic N) is 1. The van der Waals surface area contributed by atoms with Crippen molar-refractivity contribution >= 4 is 41.7 Å². The van der Waals surface area contributed by atoms with Crippen LogP contribution in [-0.4, -0.2) is 48.1 Å². The van der Waals surface area contributed by atoms with Crippen LogP contribution in [-0.2, 0) is 4.79 Å². The van der Waals surface area contributed by atoms with E-state index in [1.54, 1.807) is 0 Å². The van der Waals surface area contributed by atoms with Crippen LogP contribution in [0.25, 0.3) is 0 Å². The highest BCUT2D eigenvalue weighted by atomic mass is 35.5. The van der Waals surface area contributed by atoms with Crippen molar-refractivity contribution in [2.24, 2.45) is 0 Å². The fourth-order valence-corrected chi connectivity index (χ4v) is 3.98. The van der Waals surface area contributed by atoms with E-state index in [9.17, 15) is 9.59 Å². The Kier molecular flexibility index (Phi) is 6.95. The van der Waals surface area contributed by atoms with Crippen molar-refractivity contribution in [1.29, 1.82) is 0 Å². The number of hydrogen-bond donors (Lipinski definition) is 2. The van der Waals surface area contributed by atoms with Gasteiger partial charge in [-0.3, -0.25) is 9.59 Å². The molecule has 7 heteroatoms. The van der Waals surface area contributed by atoms with Crippen molar-refractivity contribution in [2.45, 2.75) is 37.1 Å². The number of fused-ring (bicyclic) bond motifs is 1. The lowest BCUT2D eigenvalue weighted by molar-refractivity contribution is -0.113. The minimum Gasteiger partial charge on any atom is -0.336 e. The second-order valence-electron chi connectivity index (χ2n) is 6.03. The third kappa shape index (κ3) is 4.23. The minimum atomic E-state index is -0.00383. The standard InChI is InChI=1S/C17H23N3O2S.ClH/c1-2-9-20(13-5-7-18-8-6-13)17(22)12-3-4-15-14(10-12)19-16(21)11-23-15;/h3-4,10,13,18H,2,5-9,11H2,1H3,(H,19,21);1H. The van der Waals surface area contributed by atoms with Gasteiger partial charge in [0.25, 0.3) is 5.91 Å². The summed E-state index contributed by atoms with van der Waals surface area (Å²) in [6.45, 7) is 4.82. The molecule has 1 saturated heterocycles. The van der Waals surface area contributed by atoms with Crippen LogP contribution in [0.5, 0.6) is 0 Å². The Bertz CT molecular complexity index is 605. The molecule has 1 fully saturated rings. The van der Waals surface area contributed by atoms with E-state index in [0.29, 0.717) is 17.4 Å². The average Bonchev–Trinajstić information content (AvgIpc) is 2.59. The van der Waals surface area contributed by atoms with Crippen molar-refractivity contribution in [3.63, 3.8) is 0 Å². The second-order valence-corrected chi connectivity index (χ2v) is 7.04. The Balaban J connectivity index is 0.00000208. The minimum absolute atomic E-state index is 0. The molecule has 5 nitrogen and oxygen atoms in total. The number of halogens is 1. The smallest absolute Gasteiger partial charge is 0.254 e. The van der Waals surface area contributed by atoms with Crippen molar-refractivity contribution in [3.8, 4) is 0 Å². The third-order valence-corrected chi connectivity index (χ3v) is 5.41. The van der Waals surface area contributed by atoms with Crippen LogP contribution in [0.4, 0.5) is 5.69 Å². The largest absolute Gasteiger partial charge is 0.336 e. The van der Waals surface area contributed by atoms with Crippen molar-refractivity contribution in [3.05, 3.63) is 23.8 Å². The number of carbonyl (C=O) groups excluding carboxylic acids is 2. The maximum Gasteiger partial charge on any atom is 0.254 e. The monoisotopic (exact) mass is 369 g/mol. The zero-order chi connectivity index (χ0) is 16.2. The van der Waals surface area contributed by atoms with Gasteiger partial charge in [-0.2, -0.15) is 0 Å². The van der Waals surface area contributed by atoms with Crippen LogP contribution in [0.1, 0.15) is 36.5 Å². The molecule has 0 unspecified atom stereocenters. The molecule has 2 heterocycles. The summed E-state index contributed by atoms with van der Waals surface area (Å²) in [5.74, 6) is 0.513. The Hall–Kier alpha value is -1.24. The van der Waals surface area contributed by atoms with Crippen LogP contribution >= 0.6 is 24.2 Å². The van der Waals surface area contributed by atoms with Crippen LogP contribution in [0.15, 0.2) is 23.1 Å². The fourth-order valence-electron chi connectivity index (χ4n) is 3.19. The molecular formula is C17H24ClN3O2S. The number of piperidine rings is 1. The predicted octanol–water partition coefficient (Wildman–Crippen LogP) is 2.76. The van der Waals surface area contributed by atoms with Gasteiger partial charge in [-0.05, 0) is 50.6 Å². The molecule has 0 bridgehead atoms. The van der Waals surface area contributed by atoms with Gasteiger partial charge in [0.1, 0.15) is 0 Å². The first-order chi connectivity index (χ1) is 11.2. The molecule has 132 valence electrons. The highest BCUT2D eigenvalue weighted by molar-refractivity contribution is 8.00. The molecule has 0 radical (unpaired) electrons. The summed E-state index contributed by atoms with van der Waals surface area (Å²) in [4.78, 5) is 27.6. The van der Waals surface area contributed by atoms with Gasteiger partial charge in [-0.25, -0.2) is 0 Å². The summed E-state index contributed by atoms with van der Waals surface area (Å²) in [7, 11) is 0. The molecule has 2 N–H and O–H groups in total. The van der Waals surface area contributed by atoms with Crippen molar-refractivity contribution in [2.75, 3.05) is 30.7 Å². The van der Waals surface area contributed by atoms with Gasteiger partial charge >= 0.3 is 0 Å². The highest BCUT2D eigenvalue weighted by Gasteiger charge is 2.26. The molecular weight excluding hydrogens is 346 g/mol. The van der Waals surface area contributed by atoms with Crippen LogP contribution in [0.2, 0.25) is 0 Å². The number of benzene rings is 1. The maximum absolute atomic E-state index is 13.0. The lowest BCUT2D eigenvalue weighted by Crippen LogP contribution is -2.46. The molecule has 2 aliphatic rings. The second kappa shape index (κ2) is 8.74. The molecule has 1 aromatic carbocycles. The molecule has 0 spiro atoms. The summed E-state index contributed by atoms with van der Waals surface area (Å²) in [5, 5.41) is 6.21. The molecule has 0 atom stereocenters. The lowest BCUT2D eigenvalue weighted by atomic mass is 10.0. The summed E-state index contributed by atoms with van der Waals surface area (Å²) in [6, 6.07) is 5.96. The summed E-state index contributed by atoms with van der Waals surface area (Å²) >= 11 is 1.52. The molecule has 2 amide bonds. The molecule has 24 heavy (non-hydrogen) atoms. The Morgan fingerprint density at radius 2 is 2.08 bits per heavy atom. The predicted molar refractivity (Wildman–Crippen MR) is 100 cm³/mol. The maximum atomic E-state index is 13.0.